The summed E-state index contributed by atoms with van der Waals surface area (Å²) in [5.74, 6) is 1.52. The number of thiazole rings is 1. The van der Waals surface area contributed by atoms with Gasteiger partial charge in [-0.2, -0.15) is 0 Å². The lowest BCUT2D eigenvalue weighted by molar-refractivity contribution is -0.134. The van der Waals surface area contributed by atoms with Gasteiger partial charge in [0.25, 0.3) is 5.91 Å². The summed E-state index contributed by atoms with van der Waals surface area (Å²) in [6.07, 6.45) is 2.12. The molecule has 5 nitrogen and oxygen atoms in total. The van der Waals surface area contributed by atoms with Gasteiger partial charge in [0, 0.05) is 29.2 Å². The van der Waals surface area contributed by atoms with Crippen molar-refractivity contribution in [2.45, 2.75) is 32.4 Å². The number of benzene rings is 2. The predicted octanol–water partition coefficient (Wildman–Crippen LogP) is 4.70. The van der Waals surface area contributed by atoms with Crippen molar-refractivity contribution in [2.24, 2.45) is 0 Å². The zero-order chi connectivity index (χ0) is 20.2. The maximum Gasteiger partial charge on any atom is 0.261 e. The van der Waals surface area contributed by atoms with E-state index in [1.54, 1.807) is 18.4 Å². The Labute approximate surface area is 174 Å². The van der Waals surface area contributed by atoms with Gasteiger partial charge in [-0.3, -0.25) is 4.79 Å². The van der Waals surface area contributed by atoms with Crippen LogP contribution < -0.4 is 9.47 Å². The topological polar surface area (TPSA) is 51.7 Å². The largest absolute Gasteiger partial charge is 0.497 e. The summed E-state index contributed by atoms with van der Waals surface area (Å²) in [6, 6.07) is 15.9. The molecule has 150 valence electrons. The average molecular weight is 409 g/mol. The molecule has 0 unspecified atom stereocenters. The SMILES string of the molecule is COc1ccc(CN(C(=O)COc2ccc(-c3nc(C)cs3)cc2)C2CC2)cc1. The van der Waals surface area contributed by atoms with Crippen molar-refractivity contribution >= 4 is 17.2 Å². The molecule has 3 aromatic rings. The van der Waals surface area contributed by atoms with E-state index in [2.05, 4.69) is 4.98 Å². The first kappa shape index (κ1) is 19.5. The molecule has 0 aliphatic heterocycles. The zero-order valence-electron chi connectivity index (χ0n) is 16.6. The van der Waals surface area contributed by atoms with Gasteiger partial charge in [-0.25, -0.2) is 4.98 Å². The number of hydrogen-bond acceptors (Lipinski definition) is 5. The molecule has 2 aromatic carbocycles. The average Bonchev–Trinajstić information content (AvgIpc) is 3.51. The minimum atomic E-state index is 0.0166. The summed E-state index contributed by atoms with van der Waals surface area (Å²) in [7, 11) is 1.65. The zero-order valence-corrected chi connectivity index (χ0v) is 17.4. The lowest BCUT2D eigenvalue weighted by atomic mass is 10.2. The highest BCUT2D eigenvalue weighted by atomic mass is 32.1. The van der Waals surface area contributed by atoms with Crippen LogP contribution in [0.4, 0.5) is 0 Å². The third-order valence-corrected chi connectivity index (χ3v) is 5.91. The van der Waals surface area contributed by atoms with Crippen LogP contribution in [0.1, 0.15) is 24.1 Å². The Morgan fingerprint density at radius 1 is 1.10 bits per heavy atom. The first-order valence-corrected chi connectivity index (χ1v) is 10.6. The summed E-state index contributed by atoms with van der Waals surface area (Å²) in [6.45, 7) is 2.63. The highest BCUT2D eigenvalue weighted by Crippen LogP contribution is 2.29. The first-order valence-electron chi connectivity index (χ1n) is 9.70. The van der Waals surface area contributed by atoms with Gasteiger partial charge in [0.15, 0.2) is 6.61 Å². The highest BCUT2D eigenvalue weighted by molar-refractivity contribution is 7.13. The van der Waals surface area contributed by atoms with Gasteiger partial charge >= 0.3 is 0 Å². The molecule has 6 heteroatoms. The summed E-state index contributed by atoms with van der Waals surface area (Å²) >= 11 is 1.62. The number of aryl methyl sites for hydroxylation is 1. The van der Waals surface area contributed by atoms with Crippen molar-refractivity contribution in [3.05, 3.63) is 65.2 Å². The van der Waals surface area contributed by atoms with Crippen LogP contribution in [0.5, 0.6) is 11.5 Å². The number of amides is 1. The number of aromatic nitrogens is 1. The summed E-state index contributed by atoms with van der Waals surface area (Å²) < 4.78 is 11.0. The second-order valence-electron chi connectivity index (χ2n) is 7.21. The Morgan fingerprint density at radius 3 is 2.38 bits per heavy atom. The number of carbonyl (C=O) groups is 1. The summed E-state index contributed by atoms with van der Waals surface area (Å²) in [5.41, 5.74) is 3.17. The molecule has 1 saturated carbocycles. The molecule has 0 bridgehead atoms. The maximum absolute atomic E-state index is 12.8. The van der Waals surface area contributed by atoms with E-state index in [-0.39, 0.29) is 12.5 Å². The van der Waals surface area contributed by atoms with Gasteiger partial charge in [0.2, 0.25) is 0 Å². The van der Waals surface area contributed by atoms with E-state index in [9.17, 15) is 4.79 Å². The Bertz CT molecular complexity index is 963. The molecule has 29 heavy (non-hydrogen) atoms. The van der Waals surface area contributed by atoms with E-state index in [0.29, 0.717) is 18.3 Å². The van der Waals surface area contributed by atoms with Gasteiger partial charge in [-0.1, -0.05) is 12.1 Å². The van der Waals surface area contributed by atoms with Gasteiger partial charge in [-0.15, -0.1) is 11.3 Å². The molecular weight excluding hydrogens is 384 g/mol. The van der Waals surface area contributed by atoms with E-state index in [1.807, 2.05) is 65.7 Å². The van der Waals surface area contributed by atoms with Crippen molar-refractivity contribution in [1.82, 2.24) is 9.88 Å². The number of nitrogens with zero attached hydrogens (tertiary/aromatic N) is 2. The standard InChI is InChI=1S/C23H24N2O3S/c1-16-15-29-23(24-16)18-5-11-21(12-6-18)28-14-22(26)25(19-7-8-19)13-17-3-9-20(27-2)10-4-17/h3-6,9-12,15,19H,7-8,13-14H2,1-2H3. The Morgan fingerprint density at radius 2 is 1.79 bits per heavy atom. The molecule has 1 amide bonds. The number of hydrogen-bond donors (Lipinski definition) is 0. The van der Waals surface area contributed by atoms with Crippen molar-refractivity contribution in [3.8, 4) is 22.1 Å². The lowest BCUT2D eigenvalue weighted by Gasteiger charge is -2.23. The lowest BCUT2D eigenvalue weighted by Crippen LogP contribution is -2.36. The highest BCUT2D eigenvalue weighted by Gasteiger charge is 2.32. The molecule has 0 spiro atoms. The van der Waals surface area contributed by atoms with Crippen LogP contribution in [-0.4, -0.2) is 35.5 Å². The van der Waals surface area contributed by atoms with Gasteiger partial charge in [-0.05, 0) is 61.7 Å². The van der Waals surface area contributed by atoms with E-state index in [4.69, 9.17) is 9.47 Å². The van der Waals surface area contributed by atoms with Gasteiger partial charge in [0.05, 0.1) is 7.11 Å². The fourth-order valence-corrected chi connectivity index (χ4v) is 3.95. The minimum absolute atomic E-state index is 0.0166. The van der Waals surface area contributed by atoms with E-state index >= 15 is 0 Å². The molecule has 1 fully saturated rings. The molecule has 1 aliphatic rings. The molecule has 0 atom stereocenters. The van der Waals surface area contributed by atoms with Crippen molar-refractivity contribution in [1.29, 1.82) is 0 Å². The second kappa shape index (κ2) is 8.66. The molecule has 0 N–H and O–H groups in total. The van der Waals surface area contributed by atoms with Crippen molar-refractivity contribution < 1.29 is 14.3 Å². The third-order valence-electron chi connectivity index (χ3n) is 4.90. The van der Waals surface area contributed by atoms with Crippen LogP contribution in [0.15, 0.2) is 53.9 Å². The van der Waals surface area contributed by atoms with E-state index in [0.717, 1.165) is 40.4 Å². The van der Waals surface area contributed by atoms with Gasteiger partial charge in [0.1, 0.15) is 16.5 Å². The van der Waals surface area contributed by atoms with Crippen LogP contribution in [-0.2, 0) is 11.3 Å². The molecule has 0 radical (unpaired) electrons. The number of methoxy groups -OCH3 is 1. The molecule has 1 heterocycles. The van der Waals surface area contributed by atoms with E-state index in [1.165, 1.54) is 0 Å². The van der Waals surface area contributed by atoms with Crippen LogP contribution in [0.25, 0.3) is 10.6 Å². The summed E-state index contributed by atoms with van der Waals surface area (Å²) in [4.78, 5) is 19.2. The minimum Gasteiger partial charge on any atom is -0.497 e. The Hall–Kier alpha value is -2.86. The number of ether oxygens (including phenoxy) is 2. The van der Waals surface area contributed by atoms with Gasteiger partial charge < -0.3 is 14.4 Å². The normalized spacial score (nSPS) is 13.2. The smallest absolute Gasteiger partial charge is 0.261 e. The molecule has 1 aromatic heterocycles. The van der Waals surface area contributed by atoms with E-state index < -0.39 is 0 Å². The maximum atomic E-state index is 12.8. The fraction of sp³-hybridized carbons (Fsp3) is 0.304. The number of carbonyl (C=O) groups excluding carboxylic acids is 1. The molecule has 0 saturated heterocycles. The predicted molar refractivity (Wildman–Crippen MR) is 114 cm³/mol. The number of rotatable bonds is 8. The third kappa shape index (κ3) is 4.95. The summed E-state index contributed by atoms with van der Waals surface area (Å²) in [5, 5.41) is 3.03. The fourth-order valence-electron chi connectivity index (χ4n) is 3.14. The Balaban J connectivity index is 1.35. The Kier molecular flexibility index (Phi) is 5.81. The van der Waals surface area contributed by atoms with Crippen LogP contribution in [0.2, 0.25) is 0 Å². The first-order chi connectivity index (χ1) is 14.1. The monoisotopic (exact) mass is 408 g/mol. The van der Waals surface area contributed by atoms with Crippen molar-refractivity contribution in [3.63, 3.8) is 0 Å². The van der Waals surface area contributed by atoms with Crippen LogP contribution in [0.3, 0.4) is 0 Å². The van der Waals surface area contributed by atoms with Crippen LogP contribution in [0, 0.1) is 6.92 Å². The molecule has 1 aliphatic carbocycles. The second-order valence-corrected chi connectivity index (χ2v) is 8.07. The quantitative estimate of drug-likeness (QED) is 0.542. The molecular formula is C23H24N2O3S. The molecule has 4 rings (SSSR count). The van der Waals surface area contributed by atoms with Crippen LogP contribution >= 0.6 is 11.3 Å². The van der Waals surface area contributed by atoms with Crippen molar-refractivity contribution in [2.75, 3.05) is 13.7 Å².